The Morgan fingerprint density at radius 1 is 0.850 bits per heavy atom. The van der Waals surface area contributed by atoms with Crippen molar-refractivity contribution < 1.29 is 0 Å². The summed E-state index contributed by atoms with van der Waals surface area (Å²) in [6.45, 7) is 2.34. The van der Waals surface area contributed by atoms with Gasteiger partial charge in [-0.2, -0.15) is 5.26 Å². The van der Waals surface area contributed by atoms with E-state index in [4.69, 9.17) is 5.26 Å². The molecule has 3 rings (SSSR count). The van der Waals surface area contributed by atoms with E-state index in [1.54, 1.807) is 0 Å². The lowest BCUT2D eigenvalue weighted by molar-refractivity contribution is 0.949. The molecule has 0 saturated carbocycles. The molecule has 3 nitrogen and oxygen atoms in total. The van der Waals surface area contributed by atoms with Crippen molar-refractivity contribution in [3.8, 4) is 6.07 Å². The van der Waals surface area contributed by atoms with Gasteiger partial charge >= 0.3 is 0 Å². The van der Waals surface area contributed by atoms with Gasteiger partial charge in [0, 0.05) is 30.2 Å². The van der Waals surface area contributed by atoms with Crippen molar-refractivity contribution in [3.63, 3.8) is 0 Å². The van der Waals surface area contributed by atoms with Gasteiger partial charge in [0.05, 0.1) is 11.6 Å². The fourth-order valence-electron chi connectivity index (χ4n) is 2.53. The zero-order valence-electron chi connectivity index (χ0n) is 11.3. The summed E-state index contributed by atoms with van der Waals surface area (Å²) in [4.78, 5) is 2.42. The first kappa shape index (κ1) is 12.6. The summed E-state index contributed by atoms with van der Waals surface area (Å²) >= 11 is 0. The van der Waals surface area contributed by atoms with Crippen molar-refractivity contribution in [2.45, 2.75) is 12.8 Å². The van der Waals surface area contributed by atoms with Crippen molar-refractivity contribution >= 4 is 17.1 Å². The predicted octanol–water partition coefficient (Wildman–Crippen LogP) is 3.90. The van der Waals surface area contributed by atoms with E-state index in [1.165, 1.54) is 31.6 Å². The van der Waals surface area contributed by atoms with Crippen LogP contribution in [0, 0.1) is 11.3 Å². The molecular formula is C17H17N3. The number of anilines is 3. The van der Waals surface area contributed by atoms with Crippen molar-refractivity contribution in [2.75, 3.05) is 23.3 Å². The highest BCUT2D eigenvalue weighted by Crippen LogP contribution is 2.24. The zero-order chi connectivity index (χ0) is 13.8. The molecule has 1 aliphatic heterocycles. The van der Waals surface area contributed by atoms with Crippen LogP contribution in [0.2, 0.25) is 0 Å². The highest BCUT2D eigenvalue weighted by molar-refractivity contribution is 5.63. The second-order valence-electron chi connectivity index (χ2n) is 5.06. The maximum absolute atomic E-state index is 8.78. The highest BCUT2D eigenvalue weighted by Gasteiger charge is 2.11. The van der Waals surface area contributed by atoms with Gasteiger partial charge in [0.25, 0.3) is 0 Å². The number of hydrogen-bond donors (Lipinski definition) is 1. The van der Waals surface area contributed by atoms with Crippen LogP contribution in [0.5, 0.6) is 0 Å². The average molecular weight is 263 g/mol. The van der Waals surface area contributed by atoms with Gasteiger partial charge in [-0.25, -0.2) is 0 Å². The molecule has 0 radical (unpaired) electrons. The third-order valence-electron chi connectivity index (χ3n) is 3.64. The summed E-state index contributed by atoms with van der Waals surface area (Å²) in [6, 6.07) is 18.1. The van der Waals surface area contributed by atoms with Crippen LogP contribution in [0.1, 0.15) is 18.4 Å². The van der Waals surface area contributed by atoms with Crippen LogP contribution < -0.4 is 10.2 Å². The van der Waals surface area contributed by atoms with Gasteiger partial charge in [0.1, 0.15) is 0 Å². The Balaban J connectivity index is 1.69. The number of nitriles is 1. The maximum atomic E-state index is 8.78. The third kappa shape index (κ3) is 2.75. The molecule has 2 aromatic carbocycles. The van der Waals surface area contributed by atoms with Crippen LogP contribution in [-0.4, -0.2) is 13.1 Å². The quantitative estimate of drug-likeness (QED) is 0.912. The number of nitrogens with one attached hydrogen (secondary N) is 1. The highest BCUT2D eigenvalue weighted by atomic mass is 15.1. The van der Waals surface area contributed by atoms with Gasteiger partial charge in [-0.15, -0.1) is 0 Å². The summed E-state index contributed by atoms with van der Waals surface area (Å²) in [5.41, 5.74) is 4.04. The first-order valence-electron chi connectivity index (χ1n) is 6.97. The molecule has 0 atom stereocenters. The number of benzene rings is 2. The molecule has 1 N–H and O–H groups in total. The normalized spacial score (nSPS) is 14.1. The molecule has 0 aromatic heterocycles. The van der Waals surface area contributed by atoms with E-state index < -0.39 is 0 Å². The van der Waals surface area contributed by atoms with Crippen molar-refractivity contribution in [1.82, 2.24) is 0 Å². The molecular weight excluding hydrogens is 246 g/mol. The largest absolute Gasteiger partial charge is 0.372 e. The summed E-state index contributed by atoms with van der Waals surface area (Å²) in [6.07, 6.45) is 2.59. The van der Waals surface area contributed by atoms with Gasteiger partial charge in [0.15, 0.2) is 0 Å². The van der Waals surface area contributed by atoms with Crippen molar-refractivity contribution in [1.29, 1.82) is 5.26 Å². The molecule has 1 aliphatic rings. The Labute approximate surface area is 119 Å². The third-order valence-corrected chi connectivity index (χ3v) is 3.64. The van der Waals surface area contributed by atoms with Crippen LogP contribution in [0.4, 0.5) is 17.1 Å². The predicted molar refractivity (Wildman–Crippen MR) is 82.3 cm³/mol. The summed E-state index contributed by atoms with van der Waals surface area (Å²) in [5, 5.41) is 12.1. The van der Waals surface area contributed by atoms with Crippen molar-refractivity contribution in [3.05, 3.63) is 54.1 Å². The smallest absolute Gasteiger partial charge is 0.0991 e. The Bertz CT molecular complexity index is 602. The monoisotopic (exact) mass is 263 g/mol. The lowest BCUT2D eigenvalue weighted by Gasteiger charge is -2.18. The molecule has 1 fully saturated rings. The van der Waals surface area contributed by atoms with Crippen molar-refractivity contribution in [2.24, 2.45) is 0 Å². The fourth-order valence-corrected chi connectivity index (χ4v) is 2.53. The van der Waals surface area contributed by atoms with E-state index in [1.807, 2.05) is 24.3 Å². The lowest BCUT2D eigenvalue weighted by atomic mass is 10.2. The van der Waals surface area contributed by atoms with Crippen LogP contribution in [0.3, 0.4) is 0 Å². The number of nitrogens with zero attached hydrogens (tertiary/aromatic N) is 2. The topological polar surface area (TPSA) is 39.1 Å². The molecule has 3 heteroatoms. The second kappa shape index (κ2) is 5.66. The minimum Gasteiger partial charge on any atom is -0.372 e. The van der Waals surface area contributed by atoms with E-state index in [0.29, 0.717) is 5.56 Å². The van der Waals surface area contributed by atoms with E-state index >= 15 is 0 Å². The maximum Gasteiger partial charge on any atom is 0.0991 e. The van der Waals surface area contributed by atoms with Crippen LogP contribution in [-0.2, 0) is 0 Å². The summed E-state index contributed by atoms with van der Waals surface area (Å²) in [5.74, 6) is 0. The lowest BCUT2D eigenvalue weighted by Crippen LogP contribution is -2.17. The Morgan fingerprint density at radius 2 is 1.40 bits per heavy atom. The summed E-state index contributed by atoms with van der Waals surface area (Å²) in [7, 11) is 0. The molecule has 20 heavy (non-hydrogen) atoms. The van der Waals surface area contributed by atoms with Gasteiger partial charge in [0.2, 0.25) is 0 Å². The molecule has 1 heterocycles. The van der Waals surface area contributed by atoms with Crippen LogP contribution >= 0.6 is 0 Å². The number of rotatable bonds is 3. The van der Waals surface area contributed by atoms with Crippen LogP contribution in [0.15, 0.2) is 48.5 Å². The first-order chi connectivity index (χ1) is 9.85. The minimum atomic E-state index is 0.680. The van der Waals surface area contributed by atoms with Gasteiger partial charge < -0.3 is 10.2 Å². The van der Waals surface area contributed by atoms with E-state index in [-0.39, 0.29) is 0 Å². The molecule has 0 unspecified atom stereocenters. The Morgan fingerprint density at radius 3 is 1.95 bits per heavy atom. The van der Waals surface area contributed by atoms with Gasteiger partial charge in [-0.05, 0) is 61.4 Å². The Hall–Kier alpha value is -2.47. The zero-order valence-corrected chi connectivity index (χ0v) is 11.3. The van der Waals surface area contributed by atoms with E-state index in [2.05, 4.69) is 40.6 Å². The molecule has 2 aromatic rings. The molecule has 0 amide bonds. The minimum absolute atomic E-state index is 0.680. The first-order valence-corrected chi connectivity index (χ1v) is 6.97. The molecule has 0 aliphatic carbocycles. The van der Waals surface area contributed by atoms with E-state index in [0.717, 1.165) is 11.4 Å². The van der Waals surface area contributed by atoms with E-state index in [9.17, 15) is 0 Å². The molecule has 100 valence electrons. The van der Waals surface area contributed by atoms with Gasteiger partial charge in [-0.1, -0.05) is 0 Å². The fraction of sp³-hybridized carbons (Fsp3) is 0.235. The molecule has 0 bridgehead atoms. The standard InChI is InChI=1S/C17H17N3/c18-13-14-3-5-15(6-4-14)19-16-7-9-17(10-8-16)20-11-1-2-12-20/h3-10,19H,1-2,11-12H2. The second-order valence-corrected chi connectivity index (χ2v) is 5.06. The molecule has 1 saturated heterocycles. The molecule has 0 spiro atoms. The number of hydrogen-bond acceptors (Lipinski definition) is 3. The Kier molecular flexibility index (Phi) is 3.56. The average Bonchev–Trinajstić information content (AvgIpc) is 3.03. The van der Waals surface area contributed by atoms with Crippen LogP contribution in [0.25, 0.3) is 0 Å². The van der Waals surface area contributed by atoms with Gasteiger partial charge in [-0.3, -0.25) is 0 Å². The summed E-state index contributed by atoms with van der Waals surface area (Å²) < 4.78 is 0. The SMILES string of the molecule is N#Cc1ccc(Nc2ccc(N3CCCC3)cc2)cc1.